The van der Waals surface area contributed by atoms with Gasteiger partial charge in [-0.3, -0.25) is 4.79 Å². The molecule has 2 saturated heterocycles. The van der Waals surface area contributed by atoms with E-state index in [1.165, 1.54) is 54.4 Å². The van der Waals surface area contributed by atoms with Crippen LogP contribution < -0.4 is 10.2 Å². The number of nitrogens with one attached hydrogen (secondary N) is 1. The maximum Gasteiger partial charge on any atom is 0.233 e. The molecule has 3 heterocycles. The Bertz CT molecular complexity index is 1080. The molecule has 2 aromatic carbocycles. The summed E-state index contributed by atoms with van der Waals surface area (Å²) >= 11 is 0. The molecule has 1 amide bonds. The van der Waals surface area contributed by atoms with Gasteiger partial charge in [-0.25, -0.2) is 0 Å². The largest absolute Gasteiger partial charge is 0.345 e. The van der Waals surface area contributed by atoms with Crippen LogP contribution in [0.1, 0.15) is 73.1 Å². The molecule has 5 atom stereocenters. The van der Waals surface area contributed by atoms with E-state index < -0.39 is 0 Å². The van der Waals surface area contributed by atoms with Crippen molar-refractivity contribution in [2.75, 3.05) is 33.2 Å². The van der Waals surface area contributed by atoms with Crippen molar-refractivity contribution in [1.29, 1.82) is 0 Å². The number of hydrogen-bond donors (Lipinski definition) is 2. The molecule has 3 fully saturated rings. The van der Waals surface area contributed by atoms with Gasteiger partial charge in [-0.2, -0.15) is 0 Å². The fraction of sp³-hybridized carbons (Fsp3) is 0.594. The summed E-state index contributed by atoms with van der Waals surface area (Å²) in [6.45, 7) is 7.26. The van der Waals surface area contributed by atoms with Crippen molar-refractivity contribution in [2.45, 2.75) is 75.8 Å². The van der Waals surface area contributed by atoms with Crippen molar-refractivity contribution < 1.29 is 15.0 Å². The summed E-state index contributed by atoms with van der Waals surface area (Å²) in [5, 5.41) is 2.44. The van der Waals surface area contributed by atoms with Crippen LogP contribution >= 0.6 is 0 Å². The van der Waals surface area contributed by atoms with E-state index in [1.54, 1.807) is 4.90 Å². The third kappa shape index (κ3) is 4.31. The standard InChI is InChI=1S/C32H43N3O/c1-23-13-14-28-27(17-23)20-34(2)22-32(28)21-33-19-29(32)31(36)35-16-15-26(24-9-5-3-6-10-24)18-30(35)25-11-7-4-8-12-25/h3,5-6,9-10,13-14,17,25-26,29-30,33H,4,7-8,11-12,15-16,18-22H2,1-2H3/p+2/t26-,29?,30+,32-/m1/s1. The number of amides is 1. The third-order valence-electron chi connectivity index (χ3n) is 10.2. The molecule has 4 heteroatoms. The van der Waals surface area contributed by atoms with Gasteiger partial charge in [0.05, 0.1) is 26.7 Å². The fourth-order valence-corrected chi connectivity index (χ4v) is 8.55. The first-order valence-electron chi connectivity index (χ1n) is 14.6. The monoisotopic (exact) mass is 487 g/mol. The number of likely N-dealkylation sites (N-methyl/N-ethyl adjacent to an activating group) is 1. The van der Waals surface area contributed by atoms with Crippen molar-refractivity contribution in [1.82, 2.24) is 4.90 Å². The predicted octanol–water partition coefficient (Wildman–Crippen LogP) is 2.81. The molecule has 1 saturated carbocycles. The third-order valence-corrected chi connectivity index (χ3v) is 10.2. The van der Waals surface area contributed by atoms with Gasteiger partial charge in [-0.15, -0.1) is 0 Å². The molecule has 2 aromatic rings. The average molecular weight is 488 g/mol. The smallest absolute Gasteiger partial charge is 0.233 e. The minimum atomic E-state index is -0.0319. The first kappa shape index (κ1) is 24.2. The Morgan fingerprint density at radius 2 is 1.86 bits per heavy atom. The average Bonchev–Trinajstić information content (AvgIpc) is 3.32. The van der Waals surface area contributed by atoms with Gasteiger partial charge < -0.3 is 15.1 Å². The molecule has 4 nitrogen and oxygen atoms in total. The van der Waals surface area contributed by atoms with E-state index in [4.69, 9.17) is 0 Å². The highest BCUT2D eigenvalue weighted by molar-refractivity contribution is 5.82. The van der Waals surface area contributed by atoms with Crippen LogP contribution in [0.5, 0.6) is 0 Å². The van der Waals surface area contributed by atoms with Gasteiger partial charge in [0, 0.05) is 18.2 Å². The van der Waals surface area contributed by atoms with Crippen molar-refractivity contribution in [2.24, 2.45) is 11.8 Å². The lowest BCUT2D eigenvalue weighted by Crippen LogP contribution is -3.11. The number of rotatable bonds is 3. The Morgan fingerprint density at radius 1 is 1.06 bits per heavy atom. The molecule has 0 aromatic heterocycles. The maximum atomic E-state index is 14.7. The number of aryl methyl sites for hydroxylation is 1. The summed E-state index contributed by atoms with van der Waals surface area (Å²) in [4.78, 5) is 18.6. The van der Waals surface area contributed by atoms with Gasteiger partial charge >= 0.3 is 0 Å². The van der Waals surface area contributed by atoms with Gasteiger partial charge in [0.2, 0.25) is 5.91 Å². The number of hydrogen-bond acceptors (Lipinski definition) is 1. The van der Waals surface area contributed by atoms with Gasteiger partial charge in [0.25, 0.3) is 0 Å². The number of benzene rings is 2. The Balaban J connectivity index is 1.32. The number of carbonyl (C=O) groups excluding carboxylic acids is 1. The minimum absolute atomic E-state index is 0.0319. The fourth-order valence-electron chi connectivity index (χ4n) is 8.55. The number of likely N-dealkylation sites (tertiary alicyclic amines) is 1. The van der Waals surface area contributed by atoms with Crippen molar-refractivity contribution >= 4 is 5.91 Å². The van der Waals surface area contributed by atoms with E-state index in [0.29, 0.717) is 23.8 Å². The summed E-state index contributed by atoms with van der Waals surface area (Å²) in [5.74, 6) is 1.81. The Labute approximate surface area is 217 Å². The molecule has 1 aliphatic carbocycles. The Kier molecular flexibility index (Phi) is 6.68. The van der Waals surface area contributed by atoms with Crippen LogP contribution in [0.2, 0.25) is 0 Å². The Hall–Kier alpha value is -2.17. The summed E-state index contributed by atoms with van der Waals surface area (Å²) in [7, 11) is 2.32. The normalized spacial score (nSPS) is 33.0. The molecular formula is C32H45N3O+2. The lowest BCUT2D eigenvalue weighted by molar-refractivity contribution is -0.902. The molecule has 192 valence electrons. The highest BCUT2D eigenvalue weighted by Gasteiger charge is 2.58. The quantitative estimate of drug-likeness (QED) is 0.687. The SMILES string of the molecule is Cc1ccc2c(c1)C[NH+](C)C[C@]21C[NH2+]CC1C(=O)N1CC[C@@H](c2ccccc2)C[C@H]1C1CCCCC1. The topological polar surface area (TPSA) is 41.4 Å². The van der Waals surface area contributed by atoms with Gasteiger partial charge in [-0.05, 0) is 55.6 Å². The zero-order valence-electron chi connectivity index (χ0n) is 22.3. The van der Waals surface area contributed by atoms with E-state index in [-0.39, 0.29) is 11.3 Å². The predicted molar refractivity (Wildman–Crippen MR) is 144 cm³/mol. The summed E-state index contributed by atoms with van der Waals surface area (Å²) in [6.07, 6.45) is 8.88. The van der Waals surface area contributed by atoms with Crippen LogP contribution in [0.15, 0.2) is 48.5 Å². The molecule has 0 radical (unpaired) electrons. The number of carbonyl (C=O) groups is 1. The summed E-state index contributed by atoms with van der Waals surface area (Å²) in [5.41, 5.74) is 5.72. The van der Waals surface area contributed by atoms with E-state index in [2.05, 4.69) is 72.7 Å². The van der Waals surface area contributed by atoms with E-state index in [9.17, 15) is 4.79 Å². The molecule has 4 aliphatic rings. The summed E-state index contributed by atoms with van der Waals surface area (Å²) in [6, 6.07) is 18.5. The second kappa shape index (κ2) is 9.95. The maximum absolute atomic E-state index is 14.7. The van der Waals surface area contributed by atoms with Crippen molar-refractivity contribution in [3.8, 4) is 0 Å². The molecule has 0 bridgehead atoms. The lowest BCUT2D eigenvalue weighted by atomic mass is 9.67. The first-order chi connectivity index (χ1) is 17.5. The summed E-state index contributed by atoms with van der Waals surface area (Å²) < 4.78 is 0. The van der Waals surface area contributed by atoms with Crippen LogP contribution in [0, 0.1) is 18.8 Å². The zero-order chi connectivity index (χ0) is 24.7. The molecule has 2 unspecified atom stereocenters. The van der Waals surface area contributed by atoms with Crippen LogP contribution in [-0.2, 0) is 16.8 Å². The van der Waals surface area contributed by atoms with Crippen LogP contribution in [0.25, 0.3) is 0 Å². The molecule has 3 N–H and O–H groups in total. The molecule has 36 heavy (non-hydrogen) atoms. The van der Waals surface area contributed by atoms with Crippen molar-refractivity contribution in [3.05, 3.63) is 70.8 Å². The molecule has 1 spiro atoms. The van der Waals surface area contributed by atoms with Crippen LogP contribution in [-0.4, -0.2) is 50.1 Å². The number of piperidine rings is 1. The van der Waals surface area contributed by atoms with E-state index >= 15 is 0 Å². The van der Waals surface area contributed by atoms with Gasteiger partial charge in [-0.1, -0.05) is 73.4 Å². The van der Waals surface area contributed by atoms with Gasteiger partial charge in [0.15, 0.2) is 0 Å². The van der Waals surface area contributed by atoms with E-state index in [1.807, 2.05) is 0 Å². The van der Waals surface area contributed by atoms with Gasteiger partial charge in [0.1, 0.15) is 17.9 Å². The highest BCUT2D eigenvalue weighted by Crippen LogP contribution is 2.43. The number of nitrogens with two attached hydrogens (primary N) is 1. The minimum Gasteiger partial charge on any atom is -0.345 e. The van der Waals surface area contributed by atoms with E-state index in [0.717, 1.165) is 45.6 Å². The van der Waals surface area contributed by atoms with Crippen LogP contribution in [0.3, 0.4) is 0 Å². The van der Waals surface area contributed by atoms with Crippen LogP contribution in [0.4, 0.5) is 0 Å². The second-order valence-electron chi connectivity index (χ2n) is 12.5. The first-order valence-corrected chi connectivity index (χ1v) is 14.6. The molecule has 6 rings (SSSR count). The number of fused-ring (bicyclic) bond motifs is 2. The highest BCUT2D eigenvalue weighted by atomic mass is 16.2. The number of nitrogens with zero attached hydrogens (tertiary/aromatic N) is 1. The molecule has 3 aliphatic heterocycles. The zero-order valence-corrected chi connectivity index (χ0v) is 22.3. The second-order valence-corrected chi connectivity index (χ2v) is 12.5. The Morgan fingerprint density at radius 3 is 2.67 bits per heavy atom. The number of quaternary nitrogens is 2. The molecular weight excluding hydrogens is 442 g/mol. The lowest BCUT2D eigenvalue weighted by Gasteiger charge is -2.47. The van der Waals surface area contributed by atoms with Crippen molar-refractivity contribution in [3.63, 3.8) is 0 Å².